The molecule has 0 atom stereocenters. The van der Waals surface area contributed by atoms with Crippen LogP contribution in [-0.2, 0) is 29.0 Å². The normalized spacial score (nSPS) is 13.1. The highest BCUT2D eigenvalue weighted by atomic mass is 16.5. The fourth-order valence-electron chi connectivity index (χ4n) is 3.01. The highest BCUT2D eigenvalue weighted by molar-refractivity contribution is 5.97. The van der Waals surface area contributed by atoms with Crippen LogP contribution in [0.25, 0.3) is 0 Å². The number of esters is 1. The Morgan fingerprint density at radius 1 is 0.962 bits per heavy atom. The van der Waals surface area contributed by atoms with E-state index in [1.807, 2.05) is 18.2 Å². The van der Waals surface area contributed by atoms with E-state index >= 15 is 0 Å². The molecule has 0 saturated carbocycles. The average molecular weight is 355 g/mol. The number of carbonyl (C=O) groups is 2. The Morgan fingerprint density at radius 2 is 1.65 bits per heavy atom. The lowest BCUT2D eigenvalue weighted by Crippen LogP contribution is -2.12. The Hall–Kier alpha value is -3.03. The molecule has 3 rings (SSSR count). The largest absolute Gasteiger partial charge is 0.457 e. The molecule has 26 heavy (non-hydrogen) atoms. The number of benzene rings is 1. The molecule has 0 amide bonds. The molecule has 2 aromatic rings. The number of aryl methyl sites for hydroxylation is 2. The molecule has 4 N–H and O–H groups in total. The second kappa shape index (κ2) is 7.90. The van der Waals surface area contributed by atoms with E-state index in [0.717, 1.165) is 19.3 Å². The third kappa shape index (κ3) is 4.53. The first kappa shape index (κ1) is 17.8. The lowest BCUT2D eigenvalue weighted by molar-refractivity contribution is -0.145. The van der Waals surface area contributed by atoms with Crippen molar-refractivity contribution in [2.45, 2.75) is 45.1 Å². The molecule has 0 fully saturated rings. The smallest absolute Gasteiger partial charge is 0.306 e. The van der Waals surface area contributed by atoms with E-state index in [1.165, 1.54) is 17.5 Å². The number of Topliss-reactive ketones (excluding diaryl/α,β-unsaturated/α-hetero) is 1. The van der Waals surface area contributed by atoms with Gasteiger partial charge >= 0.3 is 5.97 Å². The summed E-state index contributed by atoms with van der Waals surface area (Å²) in [7, 11) is 0. The number of nitrogens with zero attached hydrogens (tertiary/aromatic N) is 3. The Kier molecular flexibility index (Phi) is 5.40. The van der Waals surface area contributed by atoms with Crippen LogP contribution in [0.4, 0.5) is 11.9 Å². The Labute approximate surface area is 151 Å². The monoisotopic (exact) mass is 355 g/mol. The molecule has 0 unspecified atom stereocenters. The van der Waals surface area contributed by atoms with Gasteiger partial charge in [-0.1, -0.05) is 12.1 Å². The molecule has 8 heteroatoms. The summed E-state index contributed by atoms with van der Waals surface area (Å²) >= 11 is 0. The molecule has 1 heterocycles. The quantitative estimate of drug-likeness (QED) is 0.589. The van der Waals surface area contributed by atoms with E-state index in [2.05, 4.69) is 15.0 Å². The van der Waals surface area contributed by atoms with Gasteiger partial charge in [-0.3, -0.25) is 9.59 Å². The van der Waals surface area contributed by atoms with Crippen LogP contribution < -0.4 is 11.5 Å². The second-order valence-electron chi connectivity index (χ2n) is 6.24. The number of hydrogen-bond acceptors (Lipinski definition) is 8. The lowest BCUT2D eigenvalue weighted by Gasteiger charge is -2.16. The fourth-order valence-corrected chi connectivity index (χ4v) is 3.01. The van der Waals surface area contributed by atoms with Gasteiger partial charge in [0.2, 0.25) is 11.9 Å². The van der Waals surface area contributed by atoms with Crippen LogP contribution in [0, 0.1) is 0 Å². The van der Waals surface area contributed by atoms with E-state index in [9.17, 15) is 9.59 Å². The standard InChI is InChI=1S/C18H21N5O3/c19-17-21-15(22-18(20)23-17)10-26-16(25)8-7-14(24)13-6-5-11-3-1-2-4-12(11)9-13/h5-6,9H,1-4,7-8,10H2,(H4,19,20,21,22,23). The van der Waals surface area contributed by atoms with Crippen LogP contribution in [0.15, 0.2) is 18.2 Å². The number of anilines is 2. The number of carbonyl (C=O) groups excluding carboxylic acids is 2. The summed E-state index contributed by atoms with van der Waals surface area (Å²) in [6, 6.07) is 5.82. The predicted octanol–water partition coefficient (Wildman–Crippen LogP) is 1.62. The number of hydrogen-bond donors (Lipinski definition) is 2. The van der Waals surface area contributed by atoms with Gasteiger partial charge in [-0.2, -0.15) is 15.0 Å². The zero-order valence-corrected chi connectivity index (χ0v) is 14.4. The lowest BCUT2D eigenvalue weighted by atomic mass is 9.89. The maximum atomic E-state index is 12.3. The number of rotatable bonds is 6. The van der Waals surface area contributed by atoms with Crippen molar-refractivity contribution in [3.63, 3.8) is 0 Å². The van der Waals surface area contributed by atoms with E-state index in [-0.39, 0.29) is 43.0 Å². The molecule has 0 radical (unpaired) electrons. The van der Waals surface area contributed by atoms with Crippen molar-refractivity contribution >= 4 is 23.6 Å². The first-order chi connectivity index (χ1) is 12.5. The molecule has 0 bridgehead atoms. The van der Waals surface area contributed by atoms with Crippen molar-refractivity contribution in [3.8, 4) is 0 Å². The predicted molar refractivity (Wildman–Crippen MR) is 95.1 cm³/mol. The fraction of sp³-hybridized carbons (Fsp3) is 0.389. The summed E-state index contributed by atoms with van der Waals surface area (Å²) in [5.74, 6) is -0.473. The summed E-state index contributed by atoms with van der Waals surface area (Å²) in [6.07, 6.45) is 4.53. The molecule has 1 aliphatic rings. The minimum absolute atomic E-state index is 0.00797. The molecule has 136 valence electrons. The molecule has 1 aliphatic carbocycles. The van der Waals surface area contributed by atoms with Gasteiger partial charge in [0, 0.05) is 12.0 Å². The molecular formula is C18H21N5O3. The number of ether oxygens (including phenoxy) is 1. The summed E-state index contributed by atoms with van der Waals surface area (Å²) in [4.78, 5) is 35.4. The van der Waals surface area contributed by atoms with Crippen molar-refractivity contribution in [1.82, 2.24) is 15.0 Å². The third-order valence-electron chi connectivity index (χ3n) is 4.31. The highest BCUT2D eigenvalue weighted by Crippen LogP contribution is 2.23. The maximum Gasteiger partial charge on any atom is 0.306 e. The first-order valence-corrected chi connectivity index (χ1v) is 8.58. The molecule has 8 nitrogen and oxygen atoms in total. The molecule has 1 aromatic carbocycles. The number of fused-ring (bicyclic) bond motifs is 1. The molecule has 0 saturated heterocycles. The molecule has 0 spiro atoms. The van der Waals surface area contributed by atoms with Crippen LogP contribution in [0.3, 0.4) is 0 Å². The Bertz CT molecular complexity index is 817. The van der Waals surface area contributed by atoms with Gasteiger partial charge in [0.1, 0.15) is 0 Å². The minimum atomic E-state index is -0.506. The molecular weight excluding hydrogens is 334 g/mol. The third-order valence-corrected chi connectivity index (χ3v) is 4.31. The maximum absolute atomic E-state index is 12.3. The van der Waals surface area contributed by atoms with Crippen molar-refractivity contribution in [2.75, 3.05) is 11.5 Å². The van der Waals surface area contributed by atoms with Crippen LogP contribution >= 0.6 is 0 Å². The average Bonchev–Trinajstić information content (AvgIpc) is 2.63. The summed E-state index contributed by atoms with van der Waals surface area (Å²) in [6.45, 7) is -0.164. The highest BCUT2D eigenvalue weighted by Gasteiger charge is 2.15. The summed E-state index contributed by atoms with van der Waals surface area (Å²) in [5, 5.41) is 0. The van der Waals surface area contributed by atoms with Gasteiger partial charge < -0.3 is 16.2 Å². The number of nitrogen functional groups attached to an aromatic ring is 2. The van der Waals surface area contributed by atoms with Crippen LogP contribution in [0.2, 0.25) is 0 Å². The van der Waals surface area contributed by atoms with Gasteiger partial charge in [-0.05, 0) is 42.9 Å². The van der Waals surface area contributed by atoms with Gasteiger partial charge in [0.05, 0.1) is 6.42 Å². The Balaban J connectivity index is 1.50. The van der Waals surface area contributed by atoms with Crippen molar-refractivity contribution in [3.05, 3.63) is 40.7 Å². The second-order valence-corrected chi connectivity index (χ2v) is 6.24. The van der Waals surface area contributed by atoms with E-state index in [4.69, 9.17) is 16.2 Å². The van der Waals surface area contributed by atoms with E-state index in [0.29, 0.717) is 5.56 Å². The van der Waals surface area contributed by atoms with Crippen LogP contribution in [0.1, 0.15) is 53.0 Å². The zero-order valence-electron chi connectivity index (χ0n) is 14.4. The summed E-state index contributed by atoms with van der Waals surface area (Å²) in [5.41, 5.74) is 14.1. The van der Waals surface area contributed by atoms with Gasteiger partial charge in [0.25, 0.3) is 0 Å². The SMILES string of the molecule is Nc1nc(N)nc(COC(=O)CCC(=O)c2ccc3c(c2)CCCC3)n1. The Morgan fingerprint density at radius 3 is 2.38 bits per heavy atom. The van der Waals surface area contributed by atoms with Crippen molar-refractivity contribution in [1.29, 1.82) is 0 Å². The summed E-state index contributed by atoms with van der Waals surface area (Å²) < 4.78 is 5.06. The van der Waals surface area contributed by atoms with Gasteiger partial charge in [-0.25, -0.2) is 0 Å². The van der Waals surface area contributed by atoms with E-state index < -0.39 is 5.97 Å². The zero-order chi connectivity index (χ0) is 18.5. The molecule has 1 aromatic heterocycles. The molecule has 0 aliphatic heterocycles. The number of aromatic nitrogens is 3. The first-order valence-electron chi connectivity index (χ1n) is 8.58. The van der Waals surface area contributed by atoms with Crippen LogP contribution in [-0.4, -0.2) is 26.7 Å². The minimum Gasteiger partial charge on any atom is -0.457 e. The number of nitrogens with two attached hydrogens (primary N) is 2. The van der Waals surface area contributed by atoms with Crippen molar-refractivity contribution in [2.24, 2.45) is 0 Å². The van der Waals surface area contributed by atoms with Gasteiger partial charge in [-0.15, -0.1) is 0 Å². The van der Waals surface area contributed by atoms with Crippen LogP contribution in [0.5, 0.6) is 0 Å². The van der Waals surface area contributed by atoms with E-state index in [1.54, 1.807) is 0 Å². The number of ketones is 1. The topological polar surface area (TPSA) is 134 Å². The van der Waals surface area contributed by atoms with Gasteiger partial charge in [0.15, 0.2) is 18.2 Å². The van der Waals surface area contributed by atoms with Crippen molar-refractivity contribution < 1.29 is 14.3 Å².